The van der Waals surface area contributed by atoms with E-state index in [9.17, 15) is 5.11 Å². The summed E-state index contributed by atoms with van der Waals surface area (Å²) in [5.41, 5.74) is 2.24. The fourth-order valence-corrected chi connectivity index (χ4v) is 5.14. The molecule has 5 heteroatoms. The third-order valence-electron chi connectivity index (χ3n) is 5.72. The minimum atomic E-state index is -0.240. The molecule has 0 saturated carbocycles. The predicted octanol–water partition coefficient (Wildman–Crippen LogP) is 3.62. The Morgan fingerprint density at radius 2 is 1.81 bits per heavy atom. The second-order valence-electron chi connectivity index (χ2n) is 7.60. The molecule has 2 aliphatic heterocycles. The zero-order chi connectivity index (χ0) is 17.8. The first-order valence-electron chi connectivity index (χ1n) is 9.94. The summed E-state index contributed by atoms with van der Waals surface area (Å²) in [6, 6.07) is 10.7. The Hall–Kier alpha value is -1.27. The summed E-state index contributed by atoms with van der Waals surface area (Å²) in [4.78, 5) is 9.72. The van der Waals surface area contributed by atoms with E-state index in [0.717, 1.165) is 49.8 Å². The van der Waals surface area contributed by atoms with Crippen molar-refractivity contribution < 1.29 is 5.11 Å². The predicted molar refractivity (Wildman–Crippen MR) is 107 cm³/mol. The van der Waals surface area contributed by atoms with Gasteiger partial charge in [0.05, 0.1) is 18.3 Å². The lowest BCUT2D eigenvalue weighted by molar-refractivity contribution is -0.0144. The first-order valence-corrected chi connectivity index (χ1v) is 10.8. The fourth-order valence-electron chi connectivity index (χ4n) is 4.30. The van der Waals surface area contributed by atoms with Crippen molar-refractivity contribution in [1.82, 2.24) is 14.8 Å². The molecule has 140 valence electrons. The third kappa shape index (κ3) is 4.34. The molecule has 0 radical (unpaired) electrons. The van der Waals surface area contributed by atoms with Gasteiger partial charge >= 0.3 is 0 Å². The summed E-state index contributed by atoms with van der Waals surface area (Å²) in [7, 11) is 0. The highest BCUT2D eigenvalue weighted by molar-refractivity contribution is 7.09. The van der Waals surface area contributed by atoms with Gasteiger partial charge in [-0.05, 0) is 32.4 Å². The van der Waals surface area contributed by atoms with Gasteiger partial charge in [-0.15, -0.1) is 11.3 Å². The van der Waals surface area contributed by atoms with Crippen LogP contribution in [0.2, 0.25) is 0 Å². The van der Waals surface area contributed by atoms with E-state index < -0.39 is 0 Å². The highest BCUT2D eigenvalue weighted by Gasteiger charge is 2.32. The van der Waals surface area contributed by atoms with Crippen molar-refractivity contribution in [2.45, 2.75) is 50.8 Å². The van der Waals surface area contributed by atoms with Crippen molar-refractivity contribution in [3.8, 4) is 11.3 Å². The number of hydrogen-bond acceptors (Lipinski definition) is 5. The first kappa shape index (κ1) is 18.1. The Labute approximate surface area is 160 Å². The molecule has 0 spiro atoms. The van der Waals surface area contributed by atoms with Gasteiger partial charge in [0.2, 0.25) is 0 Å². The number of likely N-dealkylation sites (tertiary alicyclic amines) is 2. The van der Waals surface area contributed by atoms with Gasteiger partial charge in [0.1, 0.15) is 5.01 Å². The molecule has 4 nitrogen and oxygen atoms in total. The van der Waals surface area contributed by atoms with Gasteiger partial charge in [0.25, 0.3) is 0 Å². The number of aromatic nitrogens is 1. The summed E-state index contributed by atoms with van der Waals surface area (Å²) < 4.78 is 0. The summed E-state index contributed by atoms with van der Waals surface area (Å²) in [6.07, 6.45) is 6.09. The Bertz CT molecular complexity index is 682. The monoisotopic (exact) mass is 371 g/mol. The standard InChI is InChI=1S/C21H29N3OS/c25-20-14-23(13-10-19(20)24-11-6-1-2-7-12-24)15-21-22-18(16-26-21)17-8-4-3-5-9-17/h3-5,8-9,16,19-20,25H,1-2,6-7,10-15H2/t19-,20-/m1/s1. The van der Waals surface area contributed by atoms with Gasteiger partial charge in [0, 0.05) is 30.1 Å². The topological polar surface area (TPSA) is 39.6 Å². The molecule has 2 aliphatic rings. The van der Waals surface area contributed by atoms with Crippen LogP contribution < -0.4 is 0 Å². The maximum absolute atomic E-state index is 10.7. The van der Waals surface area contributed by atoms with Crippen molar-refractivity contribution in [2.24, 2.45) is 0 Å². The molecule has 0 unspecified atom stereocenters. The smallest absolute Gasteiger partial charge is 0.107 e. The van der Waals surface area contributed by atoms with Crippen LogP contribution in [0.3, 0.4) is 0 Å². The number of aliphatic hydroxyl groups excluding tert-OH is 1. The van der Waals surface area contributed by atoms with E-state index in [-0.39, 0.29) is 6.10 Å². The average molecular weight is 372 g/mol. The zero-order valence-electron chi connectivity index (χ0n) is 15.4. The lowest BCUT2D eigenvalue weighted by Crippen LogP contribution is -2.54. The lowest BCUT2D eigenvalue weighted by Gasteiger charge is -2.41. The summed E-state index contributed by atoms with van der Waals surface area (Å²) >= 11 is 1.73. The molecule has 0 bridgehead atoms. The Balaban J connectivity index is 1.34. The maximum atomic E-state index is 10.7. The van der Waals surface area contributed by atoms with Crippen LogP contribution in [0.5, 0.6) is 0 Å². The molecule has 2 saturated heterocycles. The van der Waals surface area contributed by atoms with Gasteiger partial charge in [-0.2, -0.15) is 0 Å². The van der Waals surface area contributed by atoms with E-state index in [1.165, 1.54) is 31.2 Å². The number of nitrogens with zero attached hydrogens (tertiary/aromatic N) is 3. The van der Waals surface area contributed by atoms with Gasteiger partial charge in [-0.25, -0.2) is 4.98 Å². The van der Waals surface area contributed by atoms with Crippen LogP contribution in [0, 0.1) is 0 Å². The van der Waals surface area contributed by atoms with Crippen LogP contribution in [-0.2, 0) is 6.54 Å². The highest BCUT2D eigenvalue weighted by Crippen LogP contribution is 2.25. The molecule has 2 fully saturated rings. The number of thiazole rings is 1. The fraction of sp³-hybridized carbons (Fsp3) is 0.571. The molecule has 0 amide bonds. The third-order valence-corrected chi connectivity index (χ3v) is 6.55. The Morgan fingerprint density at radius 3 is 2.54 bits per heavy atom. The van der Waals surface area contributed by atoms with Gasteiger partial charge in [-0.1, -0.05) is 43.2 Å². The zero-order valence-corrected chi connectivity index (χ0v) is 16.2. The molecule has 1 aromatic carbocycles. The van der Waals surface area contributed by atoms with E-state index in [4.69, 9.17) is 4.98 Å². The summed E-state index contributed by atoms with van der Waals surface area (Å²) in [5, 5.41) is 14.0. The van der Waals surface area contributed by atoms with E-state index in [0.29, 0.717) is 6.04 Å². The van der Waals surface area contributed by atoms with Crippen LogP contribution in [0.1, 0.15) is 37.1 Å². The van der Waals surface area contributed by atoms with Crippen LogP contribution in [0.15, 0.2) is 35.7 Å². The minimum Gasteiger partial charge on any atom is -0.390 e. The number of β-amino-alcohol motifs (C(OH)–C–C–N with tert-alkyl or cyclic N) is 1. The number of aliphatic hydroxyl groups is 1. The van der Waals surface area contributed by atoms with Gasteiger partial charge < -0.3 is 5.11 Å². The van der Waals surface area contributed by atoms with E-state index in [1.54, 1.807) is 11.3 Å². The van der Waals surface area contributed by atoms with Crippen molar-refractivity contribution in [1.29, 1.82) is 0 Å². The molecular weight excluding hydrogens is 342 g/mol. The Kier molecular flexibility index (Phi) is 6.00. The quantitative estimate of drug-likeness (QED) is 0.891. The number of benzene rings is 1. The second kappa shape index (κ2) is 8.61. The molecule has 2 atom stereocenters. The lowest BCUT2D eigenvalue weighted by atomic mass is 9.99. The molecule has 0 aliphatic carbocycles. The molecule has 1 N–H and O–H groups in total. The van der Waals surface area contributed by atoms with E-state index >= 15 is 0 Å². The molecule has 3 heterocycles. The highest BCUT2D eigenvalue weighted by atomic mass is 32.1. The van der Waals surface area contributed by atoms with Crippen molar-refractivity contribution in [3.63, 3.8) is 0 Å². The Morgan fingerprint density at radius 1 is 1.04 bits per heavy atom. The average Bonchev–Trinajstić information content (AvgIpc) is 2.96. The number of hydrogen-bond donors (Lipinski definition) is 1. The second-order valence-corrected chi connectivity index (χ2v) is 8.54. The van der Waals surface area contributed by atoms with Crippen molar-refractivity contribution in [2.75, 3.05) is 26.2 Å². The molecule has 26 heavy (non-hydrogen) atoms. The van der Waals surface area contributed by atoms with Gasteiger partial charge in [0.15, 0.2) is 0 Å². The van der Waals surface area contributed by atoms with Crippen LogP contribution in [0.4, 0.5) is 0 Å². The normalized spacial score (nSPS) is 25.9. The number of piperidine rings is 1. The van der Waals surface area contributed by atoms with E-state index in [2.05, 4.69) is 39.4 Å². The molecule has 1 aromatic heterocycles. The van der Waals surface area contributed by atoms with Crippen molar-refractivity contribution >= 4 is 11.3 Å². The maximum Gasteiger partial charge on any atom is 0.107 e. The number of rotatable bonds is 4. The van der Waals surface area contributed by atoms with Crippen molar-refractivity contribution in [3.05, 3.63) is 40.7 Å². The minimum absolute atomic E-state index is 0.240. The summed E-state index contributed by atoms with van der Waals surface area (Å²) in [6.45, 7) is 4.99. The van der Waals surface area contributed by atoms with Crippen LogP contribution in [-0.4, -0.2) is 58.2 Å². The molecule has 2 aromatic rings. The molecule has 4 rings (SSSR count). The first-order chi connectivity index (χ1) is 12.8. The van der Waals surface area contributed by atoms with Crippen LogP contribution >= 0.6 is 11.3 Å². The molecular formula is C21H29N3OS. The SMILES string of the molecule is O[C@@H]1CN(Cc2nc(-c3ccccc3)cs2)CC[C@H]1N1CCCCCC1. The van der Waals surface area contributed by atoms with Gasteiger partial charge in [-0.3, -0.25) is 9.80 Å². The van der Waals surface area contributed by atoms with Crippen LogP contribution in [0.25, 0.3) is 11.3 Å². The van der Waals surface area contributed by atoms with E-state index in [1.807, 2.05) is 6.07 Å². The largest absolute Gasteiger partial charge is 0.390 e. The summed E-state index contributed by atoms with van der Waals surface area (Å²) in [5.74, 6) is 0.